The molecule has 93 heavy (non-hydrogen) atoms. The van der Waals surface area contributed by atoms with Crippen LogP contribution in [0.3, 0.4) is 0 Å². The van der Waals surface area contributed by atoms with Crippen molar-refractivity contribution >= 4 is 5.96 Å². The van der Waals surface area contributed by atoms with E-state index in [1.54, 1.807) is 0 Å². The van der Waals surface area contributed by atoms with E-state index in [0.717, 1.165) is 84.2 Å². The molecule has 8 heteroatoms. The Morgan fingerprint density at radius 3 is 0.914 bits per heavy atom. The molecule has 1 unspecified atom stereocenters. The van der Waals surface area contributed by atoms with Gasteiger partial charge in [0, 0.05) is 45.3 Å². The number of nitrogens with one attached hydrogen (secondary N) is 1. The van der Waals surface area contributed by atoms with E-state index in [9.17, 15) is 0 Å². The minimum absolute atomic E-state index is 0. The molecule has 2 fully saturated rings. The average Bonchev–Trinajstić information content (AvgIpc) is 3.58. The van der Waals surface area contributed by atoms with Gasteiger partial charge in [0.2, 0.25) is 0 Å². The summed E-state index contributed by atoms with van der Waals surface area (Å²) in [5.74, 6) is 1.08. The van der Waals surface area contributed by atoms with Crippen LogP contribution in [0, 0.1) is 48.5 Å². The Labute approximate surface area is 605 Å². The van der Waals surface area contributed by atoms with Gasteiger partial charge in [-0.15, -0.1) is 97.5 Å². The third kappa shape index (κ3) is 44.3. The van der Waals surface area contributed by atoms with E-state index in [1.807, 2.05) is 212 Å². The van der Waals surface area contributed by atoms with Gasteiger partial charge in [-0.25, -0.2) is 4.99 Å². The predicted octanol–water partition coefficient (Wildman–Crippen LogP) is 21.8. The molecule has 0 bridgehead atoms. The van der Waals surface area contributed by atoms with Gasteiger partial charge in [0.25, 0.3) is 0 Å². The summed E-state index contributed by atoms with van der Waals surface area (Å²) in [4.78, 5) is 9.55. The zero-order valence-electron chi connectivity index (χ0n) is 56.7. The van der Waals surface area contributed by atoms with Gasteiger partial charge in [-0.1, -0.05) is 174 Å². The molecule has 6 nitrogen and oxygen atoms in total. The molecule has 0 radical (unpaired) electrons. The number of hydrogen-bond donors (Lipinski definition) is 1. The fourth-order valence-electron chi connectivity index (χ4n) is 9.28. The molecular weight excluding hydrogens is 1290 g/mol. The molecule has 0 spiro atoms. The van der Waals surface area contributed by atoms with Crippen LogP contribution >= 0.6 is 0 Å². The van der Waals surface area contributed by atoms with Crippen LogP contribution in [-0.2, 0) is 65.5 Å². The number of nitrogens with zero attached hydrogens (tertiary/aromatic N) is 5. The maximum Gasteiger partial charge on any atom is 4.00 e. The second kappa shape index (κ2) is 56.5. The number of benzene rings is 9. The standard InChI is InChI=1S/2C18H29N3.7C7H7.2Zr/c2*1-3-21(4-2)18(20-17-13-9-6-10-14-17)19-15-16-11-7-5-8-12-16;7*1-7-5-3-2-4-6-7;;/h5,7-8,11-12,17H,3-4,6,9-10,13-15H2,1-2H3,(H,19,20);5,7-8,11-12,17-18H,3-4,6,9-10,13-15H2,1-2H3;7*2-6H,1H2;;/q;-2;7*-1;;+4. The van der Waals surface area contributed by atoms with Crippen molar-refractivity contribution in [3.05, 3.63) is 382 Å². The molecule has 9 aromatic carbocycles. The Bertz CT molecular complexity index is 2650. The summed E-state index contributed by atoms with van der Waals surface area (Å²) in [5, 5.41) is 13.6. The van der Waals surface area contributed by atoms with Crippen LogP contribution < -0.4 is 5.32 Å². The van der Waals surface area contributed by atoms with Crippen molar-refractivity contribution in [1.82, 2.24) is 15.1 Å². The topological polar surface area (TPSA) is 59.1 Å². The van der Waals surface area contributed by atoms with Crippen LogP contribution in [0.2, 0.25) is 0 Å². The molecule has 2 saturated carbocycles. The number of rotatable bonds is 13. The van der Waals surface area contributed by atoms with E-state index < -0.39 is 0 Å². The zero-order valence-corrected chi connectivity index (χ0v) is 61.6. The summed E-state index contributed by atoms with van der Waals surface area (Å²) >= 11 is 0. The Morgan fingerprint density at radius 2 is 0.656 bits per heavy atom. The molecule has 2 aliphatic carbocycles. The van der Waals surface area contributed by atoms with Crippen molar-refractivity contribution in [1.29, 1.82) is 0 Å². The second-order valence-electron chi connectivity index (χ2n) is 22.0. The van der Waals surface area contributed by atoms with Gasteiger partial charge in [-0.2, -0.15) is 179 Å². The van der Waals surface area contributed by atoms with E-state index in [-0.39, 0.29) is 58.7 Å². The fourth-order valence-corrected chi connectivity index (χ4v) is 9.28. The fraction of sp³-hybridized carbons (Fsp3) is 0.271. The Kier molecular flexibility index (Phi) is 51.0. The molecule has 1 atom stereocenters. The first-order chi connectivity index (χ1) is 44.4. The van der Waals surface area contributed by atoms with Crippen LogP contribution in [0.4, 0.5) is 0 Å². The van der Waals surface area contributed by atoms with E-state index >= 15 is 0 Å². The van der Waals surface area contributed by atoms with Gasteiger partial charge < -0.3 is 25.8 Å². The first-order valence-electron chi connectivity index (χ1n) is 32.8. The molecule has 0 aliphatic heterocycles. The summed E-state index contributed by atoms with van der Waals surface area (Å²) < 4.78 is 0. The van der Waals surface area contributed by atoms with E-state index in [4.69, 9.17) is 15.6 Å². The van der Waals surface area contributed by atoms with Crippen molar-refractivity contribution in [3.63, 3.8) is 0 Å². The Hall–Kier alpha value is -7.01. The maximum absolute atomic E-state index is 5.05. The Balaban J connectivity index is 0.000000549. The summed E-state index contributed by atoms with van der Waals surface area (Å²) in [5.41, 5.74) is 10.0. The van der Waals surface area contributed by atoms with Gasteiger partial charge in [-0.05, 0) is 45.3 Å². The van der Waals surface area contributed by atoms with Crippen LogP contribution in [0.25, 0.3) is 10.6 Å². The molecular formula is C85H107N6Zr2-5. The summed E-state index contributed by atoms with van der Waals surface area (Å²) in [6.07, 6.45) is 13.2. The van der Waals surface area contributed by atoms with Crippen molar-refractivity contribution in [3.8, 4) is 0 Å². The van der Waals surface area contributed by atoms with Gasteiger partial charge in [0.05, 0.1) is 6.54 Å². The molecule has 490 valence electrons. The number of aliphatic imine (C=N–C) groups is 1. The maximum atomic E-state index is 5.05. The van der Waals surface area contributed by atoms with Crippen LogP contribution in [0.1, 0.15) is 142 Å². The van der Waals surface area contributed by atoms with E-state index in [0.29, 0.717) is 12.1 Å². The molecule has 0 amide bonds. The molecule has 0 aromatic heterocycles. The Morgan fingerprint density at radius 1 is 0.387 bits per heavy atom. The van der Waals surface area contributed by atoms with Crippen LogP contribution in [0.5, 0.6) is 0 Å². The van der Waals surface area contributed by atoms with Crippen molar-refractivity contribution in [2.75, 3.05) is 26.2 Å². The SMILES string of the molecule is CCN(CC)C(=NCc1ccccc1)NC1CCCCC1.CCN(CC)C([N-]Cc1ccccc1)[N-]C1CCCCC1.[CH2-]c1ccccc1.[CH2-]c1ccccc1.[CH2-]c1ccccc1.[CH2-]c1ccccc1.[CH2-]c1ccccc1.[CH2-]c1ccccc1.[CH2-]c1ccccc1.[Zr+4].[Zr]. The van der Waals surface area contributed by atoms with Gasteiger partial charge in [0.1, 0.15) is 0 Å². The average molecular weight is 1400 g/mol. The largest absolute Gasteiger partial charge is 4.00 e. The third-order valence-electron chi connectivity index (χ3n) is 14.5. The van der Waals surface area contributed by atoms with Crippen LogP contribution in [0.15, 0.2) is 278 Å². The first kappa shape index (κ1) is 84.0. The first-order valence-corrected chi connectivity index (χ1v) is 32.8. The van der Waals surface area contributed by atoms with E-state index in [2.05, 4.69) is 152 Å². The van der Waals surface area contributed by atoms with Gasteiger partial charge in [-0.3, -0.25) is 0 Å². The summed E-state index contributed by atoms with van der Waals surface area (Å²) in [7, 11) is 0. The minimum atomic E-state index is 0. The summed E-state index contributed by atoms with van der Waals surface area (Å²) in [6.45, 7) is 40.4. The van der Waals surface area contributed by atoms with Crippen molar-refractivity contribution in [2.24, 2.45) is 4.99 Å². The van der Waals surface area contributed by atoms with E-state index in [1.165, 1.54) is 75.3 Å². The van der Waals surface area contributed by atoms with Crippen molar-refractivity contribution in [2.45, 2.75) is 123 Å². The second-order valence-corrected chi connectivity index (χ2v) is 22.0. The number of guanidine groups is 1. The normalized spacial score (nSPS) is 12.4. The zero-order chi connectivity index (χ0) is 65.6. The minimum Gasteiger partial charge on any atom is -0.663 e. The quantitative estimate of drug-likeness (QED) is 0.0711. The molecule has 0 saturated heterocycles. The van der Waals surface area contributed by atoms with Gasteiger partial charge >= 0.3 is 26.2 Å². The molecule has 9 aromatic rings. The molecule has 11 rings (SSSR count). The molecule has 0 heterocycles. The summed E-state index contributed by atoms with van der Waals surface area (Å²) in [6, 6.07) is 91.2. The van der Waals surface area contributed by atoms with Gasteiger partial charge in [0.15, 0.2) is 5.96 Å². The third-order valence-corrected chi connectivity index (χ3v) is 14.5. The smallest absolute Gasteiger partial charge is 0.663 e. The predicted molar refractivity (Wildman–Crippen MR) is 397 cm³/mol. The molecule has 1 N–H and O–H groups in total. The van der Waals surface area contributed by atoms with Crippen LogP contribution in [-0.4, -0.2) is 60.3 Å². The van der Waals surface area contributed by atoms with Crippen molar-refractivity contribution < 1.29 is 52.4 Å². The monoisotopic (exact) mass is 1390 g/mol. The molecule has 2 aliphatic rings. The number of hydrogen-bond acceptors (Lipinski definition) is 2.